The lowest BCUT2D eigenvalue weighted by Crippen LogP contribution is -2.38. The first-order valence-corrected chi connectivity index (χ1v) is 7.53. The van der Waals surface area contributed by atoms with Crippen LogP contribution in [0.25, 0.3) is 21.9 Å². The molecule has 7 nitrogen and oxygen atoms in total. The van der Waals surface area contributed by atoms with Gasteiger partial charge in [-0.25, -0.2) is 9.78 Å². The van der Waals surface area contributed by atoms with Gasteiger partial charge in [0.05, 0.1) is 21.9 Å². The van der Waals surface area contributed by atoms with Crippen molar-refractivity contribution in [2.45, 2.75) is 27.0 Å². The molecule has 7 heteroatoms. The van der Waals surface area contributed by atoms with Gasteiger partial charge in [-0.1, -0.05) is 13.8 Å². The van der Waals surface area contributed by atoms with Crippen molar-refractivity contribution >= 4 is 21.9 Å². The zero-order valence-electron chi connectivity index (χ0n) is 13.7. The molecule has 0 aliphatic heterocycles. The van der Waals surface area contributed by atoms with Gasteiger partial charge in [-0.15, -0.1) is 0 Å². The Labute approximate surface area is 132 Å². The topological polar surface area (TPSA) is 81.9 Å². The van der Waals surface area contributed by atoms with E-state index in [0.717, 1.165) is 15.6 Å². The third-order valence-corrected chi connectivity index (χ3v) is 3.82. The van der Waals surface area contributed by atoms with Crippen molar-refractivity contribution in [2.75, 3.05) is 7.11 Å². The van der Waals surface area contributed by atoms with Gasteiger partial charge in [0.15, 0.2) is 0 Å². The Morgan fingerprint density at radius 1 is 1.30 bits per heavy atom. The molecule has 122 valence electrons. The minimum atomic E-state index is -0.303. The van der Waals surface area contributed by atoms with E-state index < -0.39 is 0 Å². The van der Waals surface area contributed by atoms with E-state index in [1.165, 1.54) is 7.05 Å². The number of hydrogen-bond acceptors (Lipinski definition) is 4. The molecule has 1 N–H and O–H groups in total. The number of aromatic nitrogens is 4. The zero-order valence-corrected chi connectivity index (χ0v) is 13.7. The third kappa shape index (κ3) is 2.57. The molecule has 0 amide bonds. The fourth-order valence-electron chi connectivity index (χ4n) is 2.79. The van der Waals surface area contributed by atoms with Gasteiger partial charge < -0.3 is 9.72 Å². The van der Waals surface area contributed by atoms with Gasteiger partial charge in [-0.2, -0.15) is 0 Å². The number of aromatic amines is 1. The number of rotatable bonds is 4. The first-order chi connectivity index (χ1) is 10.9. The maximum Gasteiger partial charge on any atom is 0.331 e. The quantitative estimate of drug-likeness (QED) is 0.788. The Kier molecular flexibility index (Phi) is 3.81. The van der Waals surface area contributed by atoms with Gasteiger partial charge in [-0.3, -0.25) is 13.9 Å². The Balaban J connectivity index is 2.39. The van der Waals surface area contributed by atoms with E-state index in [1.54, 1.807) is 23.8 Å². The van der Waals surface area contributed by atoms with Gasteiger partial charge >= 0.3 is 5.69 Å². The average Bonchev–Trinajstić information content (AvgIpc) is 2.89. The summed E-state index contributed by atoms with van der Waals surface area (Å²) in [5, 5.41) is 0.507. The Morgan fingerprint density at radius 3 is 2.70 bits per heavy atom. The van der Waals surface area contributed by atoms with Crippen molar-refractivity contribution < 1.29 is 4.74 Å². The highest BCUT2D eigenvalue weighted by molar-refractivity contribution is 5.92. The number of nitrogens with one attached hydrogen (secondary N) is 1. The maximum absolute atomic E-state index is 12.5. The highest BCUT2D eigenvalue weighted by Gasteiger charge is 2.14. The number of ether oxygens (including phenoxy) is 1. The summed E-state index contributed by atoms with van der Waals surface area (Å²) in [5.74, 6) is 0.972. The van der Waals surface area contributed by atoms with Crippen LogP contribution in [0.2, 0.25) is 0 Å². The van der Waals surface area contributed by atoms with Crippen LogP contribution in [-0.4, -0.2) is 26.2 Å². The van der Waals surface area contributed by atoms with Gasteiger partial charge in [0, 0.05) is 20.7 Å². The molecule has 2 aromatic heterocycles. The van der Waals surface area contributed by atoms with E-state index in [2.05, 4.69) is 9.97 Å². The molecule has 0 radical (unpaired) electrons. The van der Waals surface area contributed by atoms with Crippen LogP contribution in [0.5, 0.6) is 0 Å². The smallest absolute Gasteiger partial charge is 0.331 e. The molecule has 0 atom stereocenters. The van der Waals surface area contributed by atoms with E-state index in [1.807, 2.05) is 13.8 Å². The molecule has 2 heterocycles. The first kappa shape index (κ1) is 15.5. The second kappa shape index (κ2) is 5.66. The monoisotopic (exact) mass is 316 g/mol. The number of benzene rings is 1. The Bertz CT molecular complexity index is 994. The molecule has 3 aromatic rings. The molecule has 0 unspecified atom stereocenters. The van der Waals surface area contributed by atoms with E-state index in [0.29, 0.717) is 29.9 Å². The molecule has 0 saturated heterocycles. The number of fused-ring (bicyclic) bond motifs is 2. The van der Waals surface area contributed by atoms with Crippen LogP contribution >= 0.6 is 0 Å². The summed E-state index contributed by atoms with van der Waals surface area (Å²) in [6.07, 6.45) is 0. The van der Waals surface area contributed by atoms with Crippen LogP contribution in [-0.2, 0) is 24.9 Å². The highest BCUT2D eigenvalue weighted by Crippen LogP contribution is 2.19. The molecule has 23 heavy (non-hydrogen) atoms. The van der Waals surface area contributed by atoms with Crippen molar-refractivity contribution in [1.29, 1.82) is 0 Å². The fraction of sp³-hybridized carbons (Fsp3) is 0.438. The lowest BCUT2D eigenvalue weighted by molar-refractivity contribution is 0.179. The summed E-state index contributed by atoms with van der Waals surface area (Å²) in [4.78, 5) is 32.5. The lowest BCUT2D eigenvalue weighted by atomic mass is 10.2. The highest BCUT2D eigenvalue weighted by atomic mass is 16.5. The molecule has 0 aliphatic rings. The molecule has 1 aromatic carbocycles. The molecule has 0 spiro atoms. The zero-order chi connectivity index (χ0) is 16.7. The van der Waals surface area contributed by atoms with Gasteiger partial charge in [0.25, 0.3) is 5.56 Å². The average molecular weight is 316 g/mol. The fourth-order valence-corrected chi connectivity index (χ4v) is 2.79. The summed E-state index contributed by atoms with van der Waals surface area (Å²) in [5.41, 5.74) is 1.50. The predicted molar refractivity (Wildman–Crippen MR) is 88.7 cm³/mol. The summed E-state index contributed by atoms with van der Waals surface area (Å²) < 4.78 is 7.88. The second-order valence-electron chi connectivity index (χ2n) is 6.15. The van der Waals surface area contributed by atoms with Crippen LogP contribution in [0, 0.1) is 5.92 Å². The summed E-state index contributed by atoms with van der Waals surface area (Å²) >= 11 is 0. The van der Waals surface area contributed by atoms with Crippen LogP contribution in [0.15, 0.2) is 21.7 Å². The van der Waals surface area contributed by atoms with Crippen LogP contribution in [0.3, 0.4) is 0 Å². The van der Waals surface area contributed by atoms with Crippen molar-refractivity contribution in [3.63, 3.8) is 0 Å². The van der Waals surface area contributed by atoms with Crippen molar-refractivity contribution in [1.82, 2.24) is 19.1 Å². The number of methoxy groups -OCH3 is 1. The van der Waals surface area contributed by atoms with Crippen molar-refractivity contribution in [3.8, 4) is 0 Å². The molecule has 0 bridgehead atoms. The molecule has 0 saturated carbocycles. The van der Waals surface area contributed by atoms with E-state index >= 15 is 0 Å². The predicted octanol–water partition coefficient (Wildman–Crippen LogP) is 1.38. The molecular weight excluding hydrogens is 296 g/mol. The van der Waals surface area contributed by atoms with Crippen molar-refractivity contribution in [3.05, 3.63) is 38.8 Å². The third-order valence-electron chi connectivity index (χ3n) is 3.82. The van der Waals surface area contributed by atoms with E-state index in [-0.39, 0.29) is 17.2 Å². The molecule has 3 rings (SSSR count). The van der Waals surface area contributed by atoms with Gasteiger partial charge in [0.2, 0.25) is 0 Å². The molecular formula is C16H20N4O3. The Hall–Kier alpha value is -2.41. The number of H-pyrrole nitrogens is 1. The summed E-state index contributed by atoms with van der Waals surface area (Å²) in [7, 11) is 3.11. The van der Waals surface area contributed by atoms with Crippen LogP contribution in [0.1, 0.15) is 19.7 Å². The van der Waals surface area contributed by atoms with E-state index in [9.17, 15) is 9.59 Å². The van der Waals surface area contributed by atoms with Gasteiger partial charge in [0.1, 0.15) is 12.4 Å². The number of nitrogens with zero attached hydrogens (tertiary/aromatic N) is 3. The number of hydrogen-bond donors (Lipinski definition) is 1. The largest absolute Gasteiger partial charge is 0.377 e. The van der Waals surface area contributed by atoms with Gasteiger partial charge in [-0.05, 0) is 18.1 Å². The summed E-state index contributed by atoms with van der Waals surface area (Å²) in [6, 6.07) is 3.56. The normalized spacial score (nSPS) is 11.9. The molecule has 0 fully saturated rings. The van der Waals surface area contributed by atoms with Crippen LogP contribution in [0.4, 0.5) is 0 Å². The summed E-state index contributed by atoms with van der Waals surface area (Å²) in [6.45, 7) is 4.98. The molecule has 0 aliphatic carbocycles. The first-order valence-electron chi connectivity index (χ1n) is 7.53. The minimum absolute atomic E-state index is 0.285. The van der Waals surface area contributed by atoms with Crippen LogP contribution < -0.4 is 11.2 Å². The maximum atomic E-state index is 12.5. The Morgan fingerprint density at radius 2 is 2.04 bits per heavy atom. The second-order valence-corrected chi connectivity index (χ2v) is 6.15. The van der Waals surface area contributed by atoms with E-state index in [4.69, 9.17) is 4.74 Å². The lowest BCUT2D eigenvalue weighted by Gasteiger charge is -2.13. The van der Waals surface area contributed by atoms with Crippen molar-refractivity contribution in [2.24, 2.45) is 13.0 Å². The standard InChI is InChI=1S/C16H20N4O3/c1-9(2)7-20-13-6-12-11(17-14(18-12)8-23-4)5-10(13)15(21)19(3)16(20)22/h5-6,9H,7-8H2,1-4H3,(H,17,18). The SMILES string of the molecule is COCc1nc2cc3c(cc2[nH]1)c(=O)n(C)c(=O)n3CC(C)C. The number of imidazole rings is 1. The minimum Gasteiger partial charge on any atom is -0.377 e.